The minimum absolute atomic E-state index is 0.135. The quantitative estimate of drug-likeness (QED) is 0.658. The average molecular weight is 189 g/mol. The molecule has 0 aliphatic rings. The number of hydrogen-bond acceptors (Lipinski definition) is 1. The Hall–Kier alpha value is 0.390. The molecule has 0 aromatic rings. The van der Waals surface area contributed by atoms with Crippen molar-refractivity contribution in [1.82, 2.24) is 5.09 Å². The maximum absolute atomic E-state index is 3.30. The molecule has 0 aliphatic heterocycles. The Labute approximate surface area is 80.0 Å². The number of hydrogen-bond donors (Lipinski definition) is 1. The van der Waals surface area contributed by atoms with Crippen LogP contribution in [0.2, 0.25) is 0 Å². The van der Waals surface area contributed by atoms with Gasteiger partial charge in [0.05, 0.1) is 0 Å². The normalized spacial score (nSPS) is 15.0. The summed E-state index contributed by atoms with van der Waals surface area (Å²) in [5.41, 5.74) is 0.692. The number of nitrogens with one attached hydrogen (secondary N) is 1. The van der Waals surface area contributed by atoms with Crippen molar-refractivity contribution < 1.29 is 0 Å². The zero-order chi connectivity index (χ0) is 10.2. The van der Waals surface area contributed by atoms with E-state index < -0.39 is 0 Å². The van der Waals surface area contributed by atoms with E-state index in [1.165, 1.54) is 0 Å². The van der Waals surface area contributed by atoms with Crippen LogP contribution in [0.25, 0.3) is 0 Å². The van der Waals surface area contributed by atoms with E-state index in [0.29, 0.717) is 5.41 Å². The molecule has 0 spiro atoms. The molecule has 0 aromatic carbocycles. The summed E-state index contributed by atoms with van der Waals surface area (Å²) in [5.74, 6) is 0. The second-order valence-electron chi connectivity index (χ2n) is 5.64. The highest BCUT2D eigenvalue weighted by molar-refractivity contribution is 7.13. The first kappa shape index (κ1) is 12.4. The second-order valence-corrected chi connectivity index (χ2v) is 5.93. The van der Waals surface area contributed by atoms with Crippen LogP contribution >= 0.6 is 9.39 Å². The van der Waals surface area contributed by atoms with Crippen molar-refractivity contribution in [2.75, 3.05) is 0 Å². The lowest BCUT2D eigenvalue weighted by molar-refractivity contribution is 0.0425. The molecule has 74 valence electrons. The monoisotopic (exact) mass is 189 g/mol. The van der Waals surface area contributed by atoms with Crippen molar-refractivity contribution in [1.29, 1.82) is 0 Å². The molecule has 2 heteroatoms. The third-order valence-corrected chi connectivity index (χ3v) is 4.52. The van der Waals surface area contributed by atoms with Gasteiger partial charge in [0.1, 0.15) is 0 Å². The van der Waals surface area contributed by atoms with Crippen LogP contribution in [-0.4, -0.2) is 5.54 Å². The van der Waals surface area contributed by atoms with Crippen molar-refractivity contribution in [2.24, 2.45) is 10.8 Å². The topological polar surface area (TPSA) is 12.0 Å². The molecule has 0 fully saturated rings. The van der Waals surface area contributed by atoms with Gasteiger partial charge in [-0.05, 0) is 24.7 Å². The van der Waals surface area contributed by atoms with Gasteiger partial charge in [-0.1, -0.05) is 44.0 Å². The molecule has 12 heavy (non-hydrogen) atoms. The first-order valence-electron chi connectivity index (χ1n) is 4.54. The van der Waals surface area contributed by atoms with E-state index in [0.717, 1.165) is 0 Å². The molecule has 0 amide bonds. The molecule has 0 saturated carbocycles. The molecule has 0 heterocycles. The fraction of sp³-hybridized carbons (Fsp3) is 1.00. The zero-order valence-electron chi connectivity index (χ0n) is 9.58. The molecule has 0 aromatic heterocycles. The summed E-state index contributed by atoms with van der Waals surface area (Å²) in [6.45, 7) is 16.0. The van der Waals surface area contributed by atoms with Crippen LogP contribution in [0.15, 0.2) is 0 Å². The van der Waals surface area contributed by atoms with Crippen LogP contribution in [0.4, 0.5) is 0 Å². The molecule has 0 radical (unpaired) electrons. The summed E-state index contributed by atoms with van der Waals surface area (Å²) in [7, 11) is 2.62. The first-order valence-corrected chi connectivity index (χ1v) is 5.12. The second kappa shape index (κ2) is 3.27. The van der Waals surface area contributed by atoms with Crippen molar-refractivity contribution in [3.8, 4) is 0 Å². The summed E-state index contributed by atoms with van der Waals surface area (Å²) in [4.78, 5) is 0. The van der Waals surface area contributed by atoms with Gasteiger partial charge in [0.2, 0.25) is 0 Å². The molecule has 0 rings (SSSR count). The van der Waals surface area contributed by atoms with Gasteiger partial charge >= 0.3 is 0 Å². The van der Waals surface area contributed by atoms with Crippen LogP contribution in [0.5, 0.6) is 0 Å². The molecular formula is C10H24NP. The average Bonchev–Trinajstić information content (AvgIpc) is 1.85. The van der Waals surface area contributed by atoms with Crippen molar-refractivity contribution in [3.63, 3.8) is 0 Å². The van der Waals surface area contributed by atoms with Gasteiger partial charge in [0, 0.05) is 5.54 Å². The smallest absolute Gasteiger partial charge is 0.0212 e. The van der Waals surface area contributed by atoms with E-state index in [1.54, 1.807) is 0 Å². The molecule has 1 atom stereocenters. The predicted molar refractivity (Wildman–Crippen MR) is 60.2 cm³/mol. The van der Waals surface area contributed by atoms with Crippen LogP contribution < -0.4 is 5.09 Å². The van der Waals surface area contributed by atoms with Gasteiger partial charge in [-0.15, -0.1) is 0 Å². The predicted octanol–water partition coefficient (Wildman–Crippen LogP) is 3.22. The standard InChI is InChI=1S/C10H24NP/c1-8(2,3)9(4,5)10(6,7)11-12/h11H,12H2,1-7H3. The highest BCUT2D eigenvalue weighted by atomic mass is 31.0. The van der Waals surface area contributed by atoms with E-state index in [9.17, 15) is 0 Å². The SMILES string of the molecule is CC(C)(C)C(C)(C)C(C)(C)NP. The Morgan fingerprint density at radius 3 is 1.25 bits per heavy atom. The fourth-order valence-electron chi connectivity index (χ4n) is 1.12. The fourth-order valence-corrected chi connectivity index (χ4v) is 1.48. The summed E-state index contributed by atoms with van der Waals surface area (Å²) in [6.07, 6.45) is 0. The van der Waals surface area contributed by atoms with E-state index in [2.05, 4.69) is 62.9 Å². The molecule has 0 aliphatic carbocycles. The third kappa shape index (κ3) is 2.00. The first-order chi connectivity index (χ1) is 5.06. The van der Waals surface area contributed by atoms with Crippen LogP contribution in [0, 0.1) is 10.8 Å². The maximum Gasteiger partial charge on any atom is 0.0212 e. The molecule has 1 N–H and O–H groups in total. The molecule has 0 bridgehead atoms. The highest BCUT2D eigenvalue weighted by Crippen LogP contribution is 2.46. The molecule has 1 nitrogen and oxygen atoms in total. The van der Waals surface area contributed by atoms with E-state index in [1.807, 2.05) is 0 Å². The van der Waals surface area contributed by atoms with Gasteiger partial charge in [-0.2, -0.15) is 0 Å². The minimum atomic E-state index is 0.135. The molecule has 1 unspecified atom stereocenters. The van der Waals surface area contributed by atoms with Crippen LogP contribution in [0.1, 0.15) is 48.5 Å². The van der Waals surface area contributed by atoms with Gasteiger partial charge in [-0.3, -0.25) is 5.09 Å². The number of rotatable bonds is 2. The third-order valence-electron chi connectivity index (χ3n) is 3.80. The van der Waals surface area contributed by atoms with Crippen molar-refractivity contribution in [3.05, 3.63) is 0 Å². The Bertz CT molecular complexity index is 154. The minimum Gasteiger partial charge on any atom is -0.295 e. The highest BCUT2D eigenvalue weighted by Gasteiger charge is 2.44. The van der Waals surface area contributed by atoms with Gasteiger partial charge in [0.25, 0.3) is 0 Å². The van der Waals surface area contributed by atoms with Gasteiger partial charge in [0.15, 0.2) is 0 Å². The largest absolute Gasteiger partial charge is 0.295 e. The van der Waals surface area contributed by atoms with E-state index >= 15 is 0 Å². The molecular weight excluding hydrogens is 165 g/mol. The summed E-state index contributed by atoms with van der Waals surface area (Å²) >= 11 is 0. The zero-order valence-corrected chi connectivity index (χ0v) is 10.7. The molecule has 0 saturated heterocycles. The van der Waals surface area contributed by atoms with E-state index in [-0.39, 0.29) is 11.0 Å². The lowest BCUT2D eigenvalue weighted by Gasteiger charge is -2.50. The van der Waals surface area contributed by atoms with E-state index in [4.69, 9.17) is 0 Å². The lowest BCUT2D eigenvalue weighted by atomic mass is 9.60. The van der Waals surface area contributed by atoms with Crippen LogP contribution in [-0.2, 0) is 0 Å². The Balaban J connectivity index is 4.85. The van der Waals surface area contributed by atoms with Gasteiger partial charge in [-0.25, -0.2) is 0 Å². The summed E-state index contributed by atoms with van der Waals surface area (Å²) in [6, 6.07) is 0. The summed E-state index contributed by atoms with van der Waals surface area (Å²) in [5, 5.41) is 3.30. The Morgan fingerprint density at radius 1 is 0.833 bits per heavy atom. The van der Waals surface area contributed by atoms with Crippen molar-refractivity contribution >= 4 is 9.39 Å². The lowest BCUT2D eigenvalue weighted by Crippen LogP contribution is -2.53. The van der Waals surface area contributed by atoms with Crippen LogP contribution in [0.3, 0.4) is 0 Å². The summed E-state index contributed by atoms with van der Waals surface area (Å²) < 4.78 is 0. The Kier molecular flexibility index (Phi) is 3.38. The van der Waals surface area contributed by atoms with Gasteiger partial charge < -0.3 is 0 Å². The maximum atomic E-state index is 3.30. The van der Waals surface area contributed by atoms with Crippen molar-refractivity contribution in [2.45, 2.75) is 54.0 Å². The Morgan fingerprint density at radius 2 is 1.17 bits per heavy atom.